The summed E-state index contributed by atoms with van der Waals surface area (Å²) in [5, 5.41) is 12.0. The maximum Gasteiger partial charge on any atom is 0.307 e. The Morgan fingerprint density at radius 1 is 1.62 bits per heavy atom. The lowest BCUT2D eigenvalue weighted by Crippen LogP contribution is -2.40. The van der Waals surface area contributed by atoms with E-state index in [4.69, 9.17) is 5.11 Å². The van der Waals surface area contributed by atoms with Gasteiger partial charge >= 0.3 is 5.97 Å². The topological polar surface area (TPSA) is 49.3 Å². The Morgan fingerprint density at radius 2 is 2.38 bits per heavy atom. The van der Waals surface area contributed by atoms with Gasteiger partial charge in [0.2, 0.25) is 0 Å². The Labute approximate surface area is 78.8 Å². The molecular formula is C10H17NO2. The molecule has 0 aromatic rings. The Morgan fingerprint density at radius 3 is 2.85 bits per heavy atom. The van der Waals surface area contributed by atoms with Gasteiger partial charge in [-0.2, -0.15) is 0 Å². The Hall–Kier alpha value is -0.830. The summed E-state index contributed by atoms with van der Waals surface area (Å²) >= 11 is 0. The van der Waals surface area contributed by atoms with E-state index in [0.717, 1.165) is 19.3 Å². The van der Waals surface area contributed by atoms with Gasteiger partial charge in [-0.1, -0.05) is 19.1 Å². The molecule has 1 aliphatic heterocycles. The van der Waals surface area contributed by atoms with Gasteiger partial charge in [0, 0.05) is 12.6 Å². The summed E-state index contributed by atoms with van der Waals surface area (Å²) < 4.78 is 0. The van der Waals surface area contributed by atoms with Crippen molar-refractivity contribution < 1.29 is 9.90 Å². The molecule has 0 radical (unpaired) electrons. The summed E-state index contributed by atoms with van der Waals surface area (Å²) in [7, 11) is 0. The molecule has 0 aromatic carbocycles. The lowest BCUT2D eigenvalue weighted by atomic mass is 9.94. The first kappa shape index (κ1) is 10.3. The maximum absolute atomic E-state index is 10.6. The molecule has 1 saturated heterocycles. The second-order valence-electron chi connectivity index (χ2n) is 3.46. The Balaban J connectivity index is 2.30. The number of carboxylic acids is 1. The molecule has 0 amide bonds. The van der Waals surface area contributed by atoms with Crippen molar-refractivity contribution in [3.8, 4) is 0 Å². The van der Waals surface area contributed by atoms with Crippen LogP contribution in [0.2, 0.25) is 0 Å². The first-order valence-electron chi connectivity index (χ1n) is 4.87. The molecule has 1 fully saturated rings. The SMILES string of the molecule is CC/C=C/C1CCC(C(=O)O)CN1. The van der Waals surface area contributed by atoms with E-state index in [1.54, 1.807) is 0 Å². The quantitative estimate of drug-likeness (QED) is 0.650. The van der Waals surface area contributed by atoms with Crippen LogP contribution in [-0.2, 0) is 4.79 Å². The largest absolute Gasteiger partial charge is 0.481 e. The highest BCUT2D eigenvalue weighted by Crippen LogP contribution is 2.15. The summed E-state index contributed by atoms with van der Waals surface area (Å²) in [6.07, 6.45) is 7.03. The molecule has 0 aliphatic carbocycles. The predicted octanol–water partition coefficient (Wildman–Crippen LogP) is 1.41. The number of carboxylic acid groups (broad SMARTS) is 1. The van der Waals surface area contributed by atoms with Crippen LogP contribution < -0.4 is 5.32 Å². The molecule has 0 aromatic heterocycles. The molecule has 74 valence electrons. The molecular weight excluding hydrogens is 166 g/mol. The van der Waals surface area contributed by atoms with E-state index in [9.17, 15) is 4.79 Å². The van der Waals surface area contributed by atoms with Crippen LogP contribution >= 0.6 is 0 Å². The fraction of sp³-hybridized carbons (Fsp3) is 0.700. The highest BCUT2D eigenvalue weighted by atomic mass is 16.4. The van der Waals surface area contributed by atoms with E-state index < -0.39 is 5.97 Å². The second kappa shape index (κ2) is 5.02. The summed E-state index contributed by atoms with van der Waals surface area (Å²) in [6, 6.07) is 0.385. The molecule has 0 spiro atoms. The third kappa shape index (κ3) is 3.19. The van der Waals surface area contributed by atoms with Gasteiger partial charge in [-0.3, -0.25) is 4.79 Å². The smallest absolute Gasteiger partial charge is 0.307 e. The van der Waals surface area contributed by atoms with Gasteiger partial charge in [-0.05, 0) is 19.3 Å². The summed E-state index contributed by atoms with van der Waals surface area (Å²) in [4.78, 5) is 10.6. The highest BCUT2D eigenvalue weighted by Gasteiger charge is 2.23. The Kier molecular flexibility index (Phi) is 3.96. The van der Waals surface area contributed by atoms with Gasteiger partial charge < -0.3 is 10.4 Å². The molecule has 3 heteroatoms. The first-order chi connectivity index (χ1) is 6.24. The average molecular weight is 183 g/mol. The van der Waals surface area contributed by atoms with Crippen molar-refractivity contribution in [1.82, 2.24) is 5.32 Å². The normalized spacial score (nSPS) is 29.3. The minimum atomic E-state index is -0.676. The number of aliphatic carboxylic acids is 1. The summed E-state index contributed by atoms with van der Waals surface area (Å²) in [5.74, 6) is -0.864. The molecule has 2 unspecified atom stereocenters. The zero-order valence-corrected chi connectivity index (χ0v) is 7.99. The first-order valence-corrected chi connectivity index (χ1v) is 4.87. The van der Waals surface area contributed by atoms with Gasteiger partial charge in [0.15, 0.2) is 0 Å². The van der Waals surface area contributed by atoms with E-state index in [-0.39, 0.29) is 5.92 Å². The number of nitrogens with one attached hydrogen (secondary N) is 1. The van der Waals surface area contributed by atoms with Crippen molar-refractivity contribution in [3.63, 3.8) is 0 Å². The van der Waals surface area contributed by atoms with E-state index in [1.807, 2.05) is 0 Å². The van der Waals surface area contributed by atoms with Crippen LogP contribution in [0.4, 0.5) is 0 Å². The third-order valence-electron chi connectivity index (χ3n) is 2.41. The fourth-order valence-electron chi connectivity index (χ4n) is 1.55. The fourth-order valence-corrected chi connectivity index (χ4v) is 1.55. The molecule has 2 atom stereocenters. The van der Waals surface area contributed by atoms with Crippen LogP contribution in [-0.4, -0.2) is 23.7 Å². The van der Waals surface area contributed by atoms with Gasteiger partial charge in [0.05, 0.1) is 5.92 Å². The van der Waals surface area contributed by atoms with Crippen LogP contribution in [0.1, 0.15) is 26.2 Å². The number of allylic oxidation sites excluding steroid dienone is 1. The zero-order valence-electron chi connectivity index (χ0n) is 7.99. The van der Waals surface area contributed by atoms with Crippen molar-refractivity contribution in [3.05, 3.63) is 12.2 Å². The van der Waals surface area contributed by atoms with E-state index in [2.05, 4.69) is 24.4 Å². The van der Waals surface area contributed by atoms with Crippen LogP contribution in [0.5, 0.6) is 0 Å². The maximum atomic E-state index is 10.6. The van der Waals surface area contributed by atoms with E-state index in [0.29, 0.717) is 12.6 Å². The summed E-state index contributed by atoms with van der Waals surface area (Å²) in [5.41, 5.74) is 0. The van der Waals surface area contributed by atoms with E-state index >= 15 is 0 Å². The van der Waals surface area contributed by atoms with Crippen molar-refractivity contribution in [2.24, 2.45) is 5.92 Å². The third-order valence-corrected chi connectivity index (χ3v) is 2.41. The molecule has 0 bridgehead atoms. The second-order valence-corrected chi connectivity index (χ2v) is 3.46. The molecule has 1 heterocycles. The summed E-state index contributed by atoms with van der Waals surface area (Å²) in [6.45, 7) is 2.70. The molecule has 3 nitrogen and oxygen atoms in total. The minimum absolute atomic E-state index is 0.189. The van der Waals surface area contributed by atoms with Gasteiger partial charge in [0.1, 0.15) is 0 Å². The van der Waals surface area contributed by atoms with Crippen molar-refractivity contribution in [2.45, 2.75) is 32.2 Å². The highest BCUT2D eigenvalue weighted by molar-refractivity contribution is 5.70. The number of carbonyl (C=O) groups is 1. The van der Waals surface area contributed by atoms with Crippen LogP contribution in [0.15, 0.2) is 12.2 Å². The zero-order chi connectivity index (χ0) is 9.68. The number of hydrogen-bond acceptors (Lipinski definition) is 2. The lowest BCUT2D eigenvalue weighted by molar-refractivity contribution is -0.142. The molecule has 13 heavy (non-hydrogen) atoms. The predicted molar refractivity (Wildman–Crippen MR) is 51.6 cm³/mol. The Bertz CT molecular complexity index is 193. The van der Waals surface area contributed by atoms with Crippen LogP contribution in [0.3, 0.4) is 0 Å². The van der Waals surface area contributed by atoms with Gasteiger partial charge in [-0.15, -0.1) is 0 Å². The molecule has 1 rings (SSSR count). The van der Waals surface area contributed by atoms with Gasteiger partial charge in [0.25, 0.3) is 0 Å². The standard InChI is InChI=1S/C10H17NO2/c1-2-3-4-9-6-5-8(7-11-9)10(12)13/h3-4,8-9,11H,2,5-7H2,1H3,(H,12,13)/b4-3+. The van der Waals surface area contributed by atoms with Crippen molar-refractivity contribution in [2.75, 3.05) is 6.54 Å². The molecule has 1 aliphatic rings. The van der Waals surface area contributed by atoms with Gasteiger partial charge in [-0.25, -0.2) is 0 Å². The van der Waals surface area contributed by atoms with Crippen molar-refractivity contribution in [1.29, 1.82) is 0 Å². The molecule has 0 saturated carbocycles. The molecule has 2 N–H and O–H groups in total. The van der Waals surface area contributed by atoms with Crippen LogP contribution in [0, 0.1) is 5.92 Å². The van der Waals surface area contributed by atoms with Crippen molar-refractivity contribution >= 4 is 5.97 Å². The number of piperidine rings is 1. The average Bonchev–Trinajstić information content (AvgIpc) is 2.15. The number of hydrogen-bond donors (Lipinski definition) is 2. The van der Waals surface area contributed by atoms with Crippen LogP contribution in [0.25, 0.3) is 0 Å². The number of rotatable bonds is 3. The minimum Gasteiger partial charge on any atom is -0.481 e. The monoisotopic (exact) mass is 183 g/mol. The lowest BCUT2D eigenvalue weighted by Gasteiger charge is -2.25. The van der Waals surface area contributed by atoms with E-state index in [1.165, 1.54) is 0 Å².